The van der Waals surface area contributed by atoms with Crippen molar-refractivity contribution in [3.63, 3.8) is 0 Å². The van der Waals surface area contributed by atoms with Crippen molar-refractivity contribution in [1.29, 1.82) is 0 Å². The Kier molecular flexibility index (Phi) is 7.35. The lowest BCUT2D eigenvalue weighted by atomic mass is 9.96. The van der Waals surface area contributed by atoms with Crippen molar-refractivity contribution >= 4 is 29.0 Å². The Morgan fingerprint density at radius 3 is 1.92 bits per heavy atom. The van der Waals surface area contributed by atoms with E-state index in [-0.39, 0.29) is 6.54 Å². The molecule has 0 unspecified atom stereocenters. The lowest BCUT2D eigenvalue weighted by Crippen LogP contribution is -2.30. The third-order valence-electron chi connectivity index (χ3n) is 5.20. The molecule has 0 aliphatic carbocycles. The second-order valence-corrected chi connectivity index (χ2v) is 9.00. The number of alkyl halides is 3. The molecule has 2 aromatic carbocycles. The van der Waals surface area contributed by atoms with Crippen LogP contribution in [0, 0.1) is 0 Å². The smallest absolute Gasteiger partial charge is 0.302 e. The highest BCUT2D eigenvalue weighted by Gasteiger charge is 2.32. The number of anilines is 1. The summed E-state index contributed by atoms with van der Waals surface area (Å²) in [7, 11) is 3.54. The summed E-state index contributed by atoms with van der Waals surface area (Å²) < 4.78 is 40.0. The highest BCUT2D eigenvalue weighted by atomic mass is 35.5. The number of nitrogens with one attached hydrogen (secondary N) is 1. The maximum absolute atomic E-state index is 13.8. The van der Waals surface area contributed by atoms with Gasteiger partial charge in [-0.3, -0.25) is 9.78 Å². The van der Waals surface area contributed by atoms with Crippen molar-refractivity contribution < 1.29 is 13.2 Å². The van der Waals surface area contributed by atoms with Crippen LogP contribution in [0.25, 0.3) is 22.3 Å². The van der Waals surface area contributed by atoms with Crippen molar-refractivity contribution in [3.05, 3.63) is 98.5 Å². The molecule has 6 nitrogen and oxygen atoms in total. The Balaban J connectivity index is 1.93. The van der Waals surface area contributed by atoms with E-state index in [4.69, 9.17) is 23.2 Å². The zero-order valence-corrected chi connectivity index (χ0v) is 20.7. The summed E-state index contributed by atoms with van der Waals surface area (Å²) in [4.78, 5) is 17.3. The molecule has 2 aromatic heterocycles. The van der Waals surface area contributed by atoms with Gasteiger partial charge in [-0.1, -0.05) is 53.5 Å². The Hall–Kier alpha value is -3.40. The Morgan fingerprint density at radius 1 is 0.889 bits per heavy atom. The van der Waals surface area contributed by atoms with Crippen molar-refractivity contribution in [2.45, 2.75) is 12.7 Å². The third kappa shape index (κ3) is 5.70. The number of halogens is 5. The molecule has 2 heterocycles. The van der Waals surface area contributed by atoms with E-state index in [0.29, 0.717) is 43.7 Å². The van der Waals surface area contributed by atoms with Crippen LogP contribution in [0.2, 0.25) is 10.0 Å². The topological polar surface area (TPSA) is 63.1 Å². The molecule has 0 radical (unpaired) electrons. The minimum absolute atomic E-state index is 0.0897. The second kappa shape index (κ2) is 10.3. The SMILES string of the molecule is CN(C)Nc1nn(Cc2ccc(C(F)(F)F)nc2)c(=O)c(-c2ccc(Cl)cc2)c1-c1ccc(Cl)cc1. The van der Waals surface area contributed by atoms with E-state index >= 15 is 0 Å². The standard InChI is InChI=1S/C25H20Cl2F3N5O/c1-34(2)32-23-21(16-4-8-18(26)9-5-16)22(17-6-10-19(27)11-7-17)24(36)35(33-23)14-15-3-12-20(31-13-15)25(28,29)30/h3-13H,14H2,1-2H3,(H,32,33). The van der Waals surface area contributed by atoms with Gasteiger partial charge >= 0.3 is 6.18 Å². The summed E-state index contributed by atoms with van der Waals surface area (Å²) in [6.07, 6.45) is -3.47. The summed E-state index contributed by atoms with van der Waals surface area (Å²) in [6, 6.07) is 15.9. The normalized spacial score (nSPS) is 11.7. The van der Waals surface area contributed by atoms with Crippen LogP contribution < -0.4 is 11.0 Å². The molecule has 0 spiro atoms. The minimum atomic E-state index is -4.56. The zero-order valence-electron chi connectivity index (χ0n) is 19.1. The number of nitrogens with zero attached hydrogens (tertiary/aromatic N) is 4. The summed E-state index contributed by atoms with van der Waals surface area (Å²) in [5.74, 6) is 0.367. The predicted molar refractivity (Wildman–Crippen MR) is 135 cm³/mol. The van der Waals surface area contributed by atoms with Gasteiger partial charge in [0, 0.05) is 35.9 Å². The van der Waals surface area contributed by atoms with E-state index in [1.807, 2.05) is 0 Å². The van der Waals surface area contributed by atoms with Gasteiger partial charge in [-0.05, 0) is 47.0 Å². The molecular formula is C25H20Cl2F3N5O. The van der Waals surface area contributed by atoms with Gasteiger partial charge in [-0.25, -0.2) is 9.69 Å². The maximum atomic E-state index is 13.8. The van der Waals surface area contributed by atoms with Crippen LogP contribution in [0.15, 0.2) is 71.7 Å². The summed E-state index contributed by atoms with van der Waals surface area (Å²) >= 11 is 12.2. The van der Waals surface area contributed by atoms with Crippen LogP contribution in [-0.2, 0) is 12.7 Å². The highest BCUT2D eigenvalue weighted by Crippen LogP contribution is 2.36. The van der Waals surface area contributed by atoms with E-state index in [2.05, 4.69) is 15.5 Å². The molecule has 0 amide bonds. The molecular weight excluding hydrogens is 514 g/mol. The van der Waals surface area contributed by atoms with Crippen molar-refractivity contribution in [2.24, 2.45) is 0 Å². The molecule has 36 heavy (non-hydrogen) atoms. The monoisotopic (exact) mass is 533 g/mol. The number of rotatable bonds is 6. The number of hydrazine groups is 1. The van der Waals surface area contributed by atoms with E-state index in [9.17, 15) is 18.0 Å². The first kappa shape index (κ1) is 25.7. The molecule has 4 aromatic rings. The number of aromatic nitrogens is 3. The molecule has 4 rings (SSSR count). The largest absolute Gasteiger partial charge is 0.433 e. The first-order valence-corrected chi connectivity index (χ1v) is 11.4. The molecule has 0 aliphatic heterocycles. The average molecular weight is 534 g/mol. The molecule has 186 valence electrons. The second-order valence-electron chi connectivity index (χ2n) is 8.13. The number of hydrogen-bond acceptors (Lipinski definition) is 5. The van der Waals surface area contributed by atoms with Gasteiger partial charge in [-0.2, -0.15) is 13.2 Å². The van der Waals surface area contributed by atoms with Gasteiger partial charge in [0.1, 0.15) is 5.69 Å². The number of pyridine rings is 1. The fourth-order valence-electron chi connectivity index (χ4n) is 3.61. The van der Waals surface area contributed by atoms with Crippen LogP contribution in [0.4, 0.5) is 19.0 Å². The Morgan fingerprint density at radius 2 is 1.44 bits per heavy atom. The third-order valence-corrected chi connectivity index (χ3v) is 5.70. The van der Waals surface area contributed by atoms with Gasteiger partial charge in [-0.15, -0.1) is 5.10 Å². The van der Waals surface area contributed by atoms with Crippen LogP contribution >= 0.6 is 23.2 Å². The Bertz CT molecular complexity index is 1420. The molecule has 1 N–H and O–H groups in total. The predicted octanol–water partition coefficient (Wildman–Crippen LogP) is 6.23. The summed E-state index contributed by atoms with van der Waals surface area (Å²) in [6.45, 7) is -0.0897. The van der Waals surface area contributed by atoms with E-state index < -0.39 is 17.4 Å². The molecule has 0 bridgehead atoms. The Labute approximate surface area is 214 Å². The summed E-state index contributed by atoms with van der Waals surface area (Å²) in [5.41, 5.74) is 4.23. The molecule has 0 fully saturated rings. The van der Waals surface area contributed by atoms with Crippen LogP contribution in [0.5, 0.6) is 0 Å². The first-order valence-electron chi connectivity index (χ1n) is 10.7. The van der Waals surface area contributed by atoms with Gasteiger partial charge in [0.2, 0.25) is 0 Å². The molecule has 11 heteroatoms. The van der Waals surface area contributed by atoms with Crippen LogP contribution in [-0.4, -0.2) is 33.9 Å². The van der Waals surface area contributed by atoms with E-state index in [1.54, 1.807) is 67.6 Å². The maximum Gasteiger partial charge on any atom is 0.433 e. The lowest BCUT2D eigenvalue weighted by Gasteiger charge is -2.21. The van der Waals surface area contributed by atoms with Gasteiger partial charge in [0.15, 0.2) is 5.82 Å². The average Bonchev–Trinajstić information content (AvgIpc) is 2.82. The number of hydrogen-bond donors (Lipinski definition) is 1. The van der Waals surface area contributed by atoms with Crippen molar-refractivity contribution in [2.75, 3.05) is 19.5 Å². The fraction of sp³-hybridized carbons (Fsp3) is 0.160. The molecule has 0 aliphatic rings. The van der Waals surface area contributed by atoms with E-state index in [1.165, 1.54) is 10.7 Å². The zero-order chi connectivity index (χ0) is 26.0. The van der Waals surface area contributed by atoms with E-state index in [0.717, 1.165) is 12.3 Å². The fourth-order valence-corrected chi connectivity index (χ4v) is 3.86. The lowest BCUT2D eigenvalue weighted by molar-refractivity contribution is -0.141. The van der Waals surface area contributed by atoms with Crippen LogP contribution in [0.1, 0.15) is 11.3 Å². The first-order chi connectivity index (χ1) is 17.0. The molecule has 0 atom stereocenters. The minimum Gasteiger partial charge on any atom is -0.302 e. The highest BCUT2D eigenvalue weighted by molar-refractivity contribution is 6.31. The van der Waals surface area contributed by atoms with Crippen molar-refractivity contribution in [1.82, 2.24) is 19.8 Å². The van der Waals surface area contributed by atoms with Crippen LogP contribution in [0.3, 0.4) is 0 Å². The molecule has 0 saturated carbocycles. The van der Waals surface area contributed by atoms with Gasteiger partial charge in [0.25, 0.3) is 5.56 Å². The molecule has 0 saturated heterocycles. The quantitative estimate of drug-likeness (QED) is 0.297. The van der Waals surface area contributed by atoms with Gasteiger partial charge < -0.3 is 5.43 Å². The van der Waals surface area contributed by atoms with Gasteiger partial charge in [0.05, 0.1) is 12.1 Å². The van der Waals surface area contributed by atoms with Crippen molar-refractivity contribution in [3.8, 4) is 22.3 Å². The number of benzene rings is 2. The summed E-state index contributed by atoms with van der Waals surface area (Å²) in [5, 5.41) is 7.23.